The summed E-state index contributed by atoms with van der Waals surface area (Å²) in [5.74, 6) is 1.54. The third kappa shape index (κ3) is 4.68. The molecule has 2 aromatic heterocycles. The molecule has 0 radical (unpaired) electrons. The Morgan fingerprint density at radius 2 is 1.98 bits per heavy atom. The first-order valence-corrected chi connectivity index (χ1v) is 15.5. The van der Waals surface area contributed by atoms with Gasteiger partial charge in [-0.1, -0.05) is 0 Å². The van der Waals surface area contributed by atoms with E-state index in [1.54, 1.807) is 11.3 Å². The first kappa shape index (κ1) is 26.2. The summed E-state index contributed by atoms with van der Waals surface area (Å²) in [5.41, 5.74) is 7.19. The fourth-order valence-electron chi connectivity index (χ4n) is 7.50. The predicted molar refractivity (Wildman–Crippen MR) is 153 cm³/mol. The number of nitrogens with two attached hydrogens (primary N) is 1. The van der Waals surface area contributed by atoms with Crippen LogP contribution in [-0.2, 0) is 11.8 Å². The Hall–Kier alpha value is -2.68. The third-order valence-electron chi connectivity index (χ3n) is 9.52. The molecule has 0 bridgehead atoms. The van der Waals surface area contributed by atoms with E-state index in [0.29, 0.717) is 48.7 Å². The predicted octanol–water partition coefficient (Wildman–Crippen LogP) is 3.39. The fraction of sp³-hybridized carbons (Fsp3) is 0.690. The number of anilines is 3. The number of aryl methyl sites for hydroxylation is 1. The van der Waals surface area contributed by atoms with Gasteiger partial charge in [-0.25, -0.2) is 4.39 Å². The van der Waals surface area contributed by atoms with E-state index in [1.165, 1.54) is 4.88 Å². The van der Waals surface area contributed by atoms with E-state index in [1.807, 2.05) is 13.0 Å². The van der Waals surface area contributed by atoms with Crippen molar-refractivity contribution in [1.82, 2.24) is 14.9 Å². The summed E-state index contributed by atoms with van der Waals surface area (Å²) in [6, 6.07) is 5.20. The maximum atomic E-state index is 14.3. The number of nitrogen functional groups attached to an aromatic ring is 1. The van der Waals surface area contributed by atoms with Gasteiger partial charge in [0, 0.05) is 61.2 Å². The summed E-state index contributed by atoms with van der Waals surface area (Å²) in [4.78, 5) is 17.5. The minimum atomic E-state index is -0.810. The van der Waals surface area contributed by atoms with E-state index < -0.39 is 11.8 Å². The molecule has 2 aromatic rings. The van der Waals surface area contributed by atoms with Crippen molar-refractivity contribution in [2.24, 2.45) is 0 Å². The second-order valence-electron chi connectivity index (χ2n) is 12.9. The molecular formula is C29H38FN7O2S. The Balaban J connectivity index is 1.15. The van der Waals surface area contributed by atoms with Gasteiger partial charge in [0.2, 0.25) is 0 Å². The van der Waals surface area contributed by atoms with E-state index >= 15 is 0 Å². The summed E-state index contributed by atoms with van der Waals surface area (Å²) in [5, 5.41) is 21.3. The molecule has 7 rings (SSSR count). The van der Waals surface area contributed by atoms with Gasteiger partial charge >= 0.3 is 6.01 Å². The van der Waals surface area contributed by atoms with Crippen LogP contribution in [0.4, 0.5) is 21.0 Å². The monoisotopic (exact) mass is 567 g/mol. The van der Waals surface area contributed by atoms with Crippen LogP contribution in [0.1, 0.15) is 67.9 Å². The first-order chi connectivity index (χ1) is 19.2. The van der Waals surface area contributed by atoms with Gasteiger partial charge in [-0.05, 0) is 63.9 Å². The quantitative estimate of drug-likeness (QED) is 0.542. The Labute approximate surface area is 238 Å². The number of thiophene rings is 1. The highest BCUT2D eigenvalue weighted by Gasteiger charge is 2.50. The molecule has 0 aromatic carbocycles. The lowest BCUT2D eigenvalue weighted by Gasteiger charge is -2.53. The number of ether oxygens (including phenoxy) is 1. The zero-order chi connectivity index (χ0) is 27.6. The Morgan fingerprint density at radius 1 is 1.20 bits per heavy atom. The van der Waals surface area contributed by atoms with E-state index in [2.05, 4.69) is 20.8 Å². The lowest BCUT2D eigenvalue weighted by Crippen LogP contribution is -2.61. The van der Waals surface area contributed by atoms with E-state index in [0.717, 1.165) is 81.8 Å². The van der Waals surface area contributed by atoms with Crippen molar-refractivity contribution in [3.8, 4) is 12.1 Å². The summed E-state index contributed by atoms with van der Waals surface area (Å²) < 4.78 is 20.5. The van der Waals surface area contributed by atoms with Gasteiger partial charge in [0.25, 0.3) is 0 Å². The Kier molecular flexibility index (Phi) is 6.37. The molecule has 3 aliphatic heterocycles. The molecule has 40 heavy (non-hydrogen) atoms. The van der Waals surface area contributed by atoms with Crippen molar-refractivity contribution >= 4 is 28.0 Å². The summed E-state index contributed by atoms with van der Waals surface area (Å²) in [6.07, 6.45) is 6.69. The number of alkyl halides is 1. The van der Waals surface area contributed by atoms with Crippen molar-refractivity contribution in [3.05, 3.63) is 22.1 Å². The zero-order valence-corrected chi connectivity index (χ0v) is 23.9. The lowest BCUT2D eigenvalue weighted by atomic mass is 9.66. The average Bonchev–Trinajstić information content (AvgIpc) is 3.59. The van der Waals surface area contributed by atoms with Crippen LogP contribution in [-0.4, -0.2) is 83.2 Å². The van der Waals surface area contributed by atoms with E-state index in [4.69, 9.17) is 20.4 Å². The van der Waals surface area contributed by atoms with Crippen LogP contribution in [0.5, 0.6) is 6.01 Å². The van der Waals surface area contributed by atoms with Gasteiger partial charge in [0.15, 0.2) is 0 Å². The smallest absolute Gasteiger partial charge is 0.320 e. The number of rotatable bonds is 6. The van der Waals surface area contributed by atoms with Gasteiger partial charge in [-0.15, -0.1) is 11.3 Å². The highest BCUT2D eigenvalue weighted by molar-refractivity contribution is 7.16. The minimum Gasteiger partial charge on any atom is -0.462 e. The van der Waals surface area contributed by atoms with Gasteiger partial charge in [-0.2, -0.15) is 15.2 Å². The fourth-order valence-corrected chi connectivity index (χ4v) is 8.68. The number of halogens is 1. The molecule has 0 unspecified atom stereocenters. The van der Waals surface area contributed by atoms with Crippen LogP contribution >= 0.6 is 11.3 Å². The largest absolute Gasteiger partial charge is 0.462 e. The molecule has 3 saturated heterocycles. The number of β-amino-alcohol motifs (C(OH)–C–C–N with tert-alkyl or cyclic N) is 1. The molecule has 3 atom stereocenters. The van der Waals surface area contributed by atoms with Crippen LogP contribution in [0.2, 0.25) is 0 Å². The number of aromatic nitrogens is 2. The number of fused-ring (bicyclic) bond motifs is 2. The maximum absolute atomic E-state index is 14.3. The minimum absolute atomic E-state index is 0.0373. The van der Waals surface area contributed by atoms with Crippen LogP contribution in [0.15, 0.2) is 6.07 Å². The number of hydrogen-bond acceptors (Lipinski definition) is 10. The van der Waals surface area contributed by atoms with E-state index in [-0.39, 0.29) is 11.5 Å². The standard InChI is InChI=1S/C29H38FN7O2S/c1-28(38)7-3-9-35(15-28)23-11-24(34-27(33-23)39-14-20-10-18(30)13-37(20)19-5-6-19)36-16-29(17-36)8-2-4-22-25(29)21(12-31)26(32)40-22/h11,18-20,38H,2-10,13-17,32H2,1H3/t18-,20+,28-/m1/s1. The van der Waals surface area contributed by atoms with Crippen LogP contribution in [0, 0.1) is 11.3 Å². The number of nitriles is 1. The number of aliphatic hydroxyl groups is 1. The normalized spacial score (nSPS) is 29.8. The molecule has 1 saturated carbocycles. The second kappa shape index (κ2) is 9.71. The summed E-state index contributed by atoms with van der Waals surface area (Å²) >= 11 is 1.57. The maximum Gasteiger partial charge on any atom is 0.320 e. The van der Waals surface area contributed by atoms with Crippen LogP contribution < -0.4 is 20.3 Å². The molecule has 5 heterocycles. The Bertz CT molecular complexity index is 1330. The molecular weight excluding hydrogens is 529 g/mol. The molecule has 11 heteroatoms. The zero-order valence-electron chi connectivity index (χ0n) is 23.1. The molecule has 0 amide bonds. The van der Waals surface area contributed by atoms with Crippen molar-refractivity contribution in [2.75, 3.05) is 54.9 Å². The molecule has 3 N–H and O–H groups in total. The molecule has 4 fully saturated rings. The molecule has 5 aliphatic rings. The molecule has 9 nitrogen and oxygen atoms in total. The van der Waals surface area contributed by atoms with Crippen molar-refractivity contribution in [1.29, 1.82) is 5.26 Å². The Morgan fingerprint density at radius 3 is 2.70 bits per heavy atom. The number of piperidine rings is 1. The molecule has 1 spiro atoms. The van der Waals surface area contributed by atoms with Crippen molar-refractivity contribution in [3.63, 3.8) is 0 Å². The van der Waals surface area contributed by atoms with Crippen molar-refractivity contribution in [2.45, 2.75) is 87.6 Å². The van der Waals surface area contributed by atoms with Gasteiger partial charge < -0.3 is 25.4 Å². The van der Waals surface area contributed by atoms with E-state index in [9.17, 15) is 14.8 Å². The third-order valence-corrected chi connectivity index (χ3v) is 10.6. The SMILES string of the molecule is C[C@@]1(O)CCCN(c2cc(N3CC4(CCCc5sc(N)c(C#N)c54)C3)nc(OC[C@@H]3C[C@@H](F)CN3C3CC3)n2)C1. The van der Waals surface area contributed by atoms with Crippen molar-refractivity contribution < 1.29 is 14.2 Å². The topological polar surface area (TPSA) is 115 Å². The first-order valence-electron chi connectivity index (χ1n) is 14.7. The summed E-state index contributed by atoms with van der Waals surface area (Å²) in [7, 11) is 0. The van der Waals surface area contributed by atoms with Crippen LogP contribution in [0.25, 0.3) is 0 Å². The van der Waals surface area contributed by atoms with Gasteiger partial charge in [0.05, 0.1) is 11.2 Å². The molecule has 2 aliphatic carbocycles. The highest BCUT2D eigenvalue weighted by atomic mass is 32.1. The summed E-state index contributed by atoms with van der Waals surface area (Å²) in [6.45, 7) is 5.56. The van der Waals surface area contributed by atoms with Gasteiger partial charge in [-0.3, -0.25) is 4.90 Å². The number of hydrogen-bond donors (Lipinski definition) is 2. The van der Waals surface area contributed by atoms with Crippen LogP contribution in [0.3, 0.4) is 0 Å². The number of likely N-dealkylation sites (tertiary alicyclic amines) is 1. The molecule has 214 valence electrons. The number of nitrogens with zero attached hydrogens (tertiary/aromatic N) is 6. The average molecular weight is 568 g/mol. The highest BCUT2D eigenvalue weighted by Crippen LogP contribution is 2.51. The lowest BCUT2D eigenvalue weighted by molar-refractivity contribution is 0.0446. The van der Waals surface area contributed by atoms with Gasteiger partial charge in [0.1, 0.15) is 35.5 Å². The second-order valence-corrected chi connectivity index (χ2v) is 14.0.